The maximum atomic E-state index is 12.1. The Hall–Kier alpha value is -2.26. The van der Waals surface area contributed by atoms with E-state index in [2.05, 4.69) is 20.2 Å². The van der Waals surface area contributed by atoms with Crippen LogP contribution < -0.4 is 10.0 Å². The summed E-state index contributed by atoms with van der Waals surface area (Å²) < 4.78 is 31.9. The van der Waals surface area contributed by atoms with Gasteiger partial charge in [-0.15, -0.1) is 0 Å². The lowest BCUT2D eigenvalue weighted by atomic mass is 10.1. The predicted octanol–water partition coefficient (Wildman–Crippen LogP) is 1.63. The van der Waals surface area contributed by atoms with Crippen molar-refractivity contribution in [3.63, 3.8) is 0 Å². The molecule has 1 amide bonds. The summed E-state index contributed by atoms with van der Waals surface area (Å²) in [5.41, 5.74) is 0.895. The normalized spacial score (nSPS) is 15.6. The number of amides is 1. The molecule has 2 aromatic rings. The first kappa shape index (κ1) is 18.5. The van der Waals surface area contributed by atoms with Gasteiger partial charge in [0.15, 0.2) is 5.82 Å². The maximum absolute atomic E-state index is 12.1. The molecule has 0 aliphatic heterocycles. The van der Waals surface area contributed by atoms with Crippen LogP contribution in [0.1, 0.15) is 49.5 Å². The third-order valence-corrected chi connectivity index (χ3v) is 5.60. The van der Waals surface area contributed by atoms with Gasteiger partial charge in [-0.2, -0.15) is 4.98 Å². The number of nitrogens with one attached hydrogen (secondary N) is 2. The van der Waals surface area contributed by atoms with Gasteiger partial charge in [-0.25, -0.2) is 13.1 Å². The minimum atomic E-state index is -3.44. The number of nitrogens with zero attached hydrogens (tertiary/aromatic N) is 2. The summed E-state index contributed by atoms with van der Waals surface area (Å²) in [6.45, 7) is 3.49. The van der Waals surface area contributed by atoms with Crippen molar-refractivity contribution in [3.8, 4) is 0 Å². The van der Waals surface area contributed by atoms with E-state index < -0.39 is 10.0 Å². The van der Waals surface area contributed by atoms with Crippen molar-refractivity contribution in [2.24, 2.45) is 0 Å². The zero-order chi connectivity index (χ0) is 18.7. The summed E-state index contributed by atoms with van der Waals surface area (Å²) in [5.74, 6) is 0.751. The van der Waals surface area contributed by atoms with Gasteiger partial charge >= 0.3 is 0 Å². The fourth-order valence-electron chi connectivity index (χ4n) is 2.45. The predicted molar refractivity (Wildman–Crippen MR) is 93.7 cm³/mol. The highest BCUT2D eigenvalue weighted by atomic mass is 32.2. The van der Waals surface area contributed by atoms with E-state index in [1.54, 1.807) is 38.1 Å². The third kappa shape index (κ3) is 4.89. The van der Waals surface area contributed by atoms with Gasteiger partial charge in [0, 0.05) is 12.5 Å². The molecule has 9 heteroatoms. The Labute approximate surface area is 152 Å². The summed E-state index contributed by atoms with van der Waals surface area (Å²) in [7, 11) is -3.44. The molecule has 3 rings (SSSR count). The number of carbonyl (C=O) groups is 1. The van der Waals surface area contributed by atoms with E-state index in [1.807, 2.05) is 0 Å². The second-order valence-electron chi connectivity index (χ2n) is 6.51. The molecule has 8 nitrogen and oxygen atoms in total. The number of carbonyl (C=O) groups excluding carboxylic acids is 1. The molecule has 0 saturated heterocycles. The Balaban J connectivity index is 1.50. The van der Waals surface area contributed by atoms with Crippen LogP contribution in [0.25, 0.3) is 0 Å². The van der Waals surface area contributed by atoms with Crippen LogP contribution in [0.3, 0.4) is 0 Å². The molecule has 2 N–H and O–H groups in total. The summed E-state index contributed by atoms with van der Waals surface area (Å²) in [4.78, 5) is 16.4. The average molecular weight is 378 g/mol. The van der Waals surface area contributed by atoms with Crippen molar-refractivity contribution in [2.75, 3.05) is 0 Å². The van der Waals surface area contributed by atoms with Crippen molar-refractivity contribution in [1.29, 1.82) is 0 Å². The molecule has 26 heavy (non-hydrogen) atoms. The Morgan fingerprint density at radius 2 is 2.00 bits per heavy atom. The van der Waals surface area contributed by atoms with E-state index in [1.165, 1.54) is 0 Å². The highest BCUT2D eigenvalue weighted by Crippen LogP contribution is 2.22. The summed E-state index contributed by atoms with van der Waals surface area (Å²) >= 11 is 0. The second-order valence-corrected chi connectivity index (χ2v) is 8.22. The molecule has 0 spiro atoms. The van der Waals surface area contributed by atoms with Gasteiger partial charge in [0.05, 0.1) is 4.90 Å². The zero-order valence-corrected chi connectivity index (χ0v) is 15.5. The molecular weight excluding hydrogens is 356 g/mol. The minimum absolute atomic E-state index is 0.0769. The zero-order valence-electron chi connectivity index (χ0n) is 14.7. The van der Waals surface area contributed by atoms with Crippen LogP contribution >= 0.6 is 0 Å². The van der Waals surface area contributed by atoms with Crippen LogP contribution in [0.15, 0.2) is 33.7 Å². The number of benzene rings is 1. The van der Waals surface area contributed by atoms with Crippen molar-refractivity contribution < 1.29 is 17.7 Å². The van der Waals surface area contributed by atoms with Gasteiger partial charge < -0.3 is 9.84 Å². The topological polar surface area (TPSA) is 114 Å². The number of sulfonamides is 1. The molecule has 1 aliphatic rings. The van der Waals surface area contributed by atoms with E-state index in [0.29, 0.717) is 18.1 Å². The Morgan fingerprint density at radius 1 is 1.31 bits per heavy atom. The van der Waals surface area contributed by atoms with Crippen LogP contribution in [0.2, 0.25) is 0 Å². The first-order valence-corrected chi connectivity index (χ1v) is 10.0. The third-order valence-electron chi connectivity index (χ3n) is 4.06. The SMILES string of the molecule is Cc1noc(C(C)NC(=O)CCc2ccc(S(=O)(=O)NC3CC3)cc2)n1. The van der Waals surface area contributed by atoms with Crippen molar-refractivity contribution >= 4 is 15.9 Å². The van der Waals surface area contributed by atoms with Gasteiger partial charge in [0.1, 0.15) is 6.04 Å². The lowest BCUT2D eigenvalue weighted by molar-refractivity contribution is -0.121. The molecule has 1 aromatic heterocycles. The molecule has 1 atom stereocenters. The van der Waals surface area contributed by atoms with E-state index >= 15 is 0 Å². The first-order valence-electron chi connectivity index (χ1n) is 8.54. The fourth-order valence-corrected chi connectivity index (χ4v) is 3.75. The van der Waals surface area contributed by atoms with Gasteiger partial charge in [-0.3, -0.25) is 4.79 Å². The quantitative estimate of drug-likeness (QED) is 0.722. The van der Waals surface area contributed by atoms with E-state index in [9.17, 15) is 13.2 Å². The smallest absolute Gasteiger partial charge is 0.248 e. The van der Waals surface area contributed by atoms with Crippen LogP contribution in [0.4, 0.5) is 0 Å². The largest absolute Gasteiger partial charge is 0.345 e. The lowest BCUT2D eigenvalue weighted by Gasteiger charge is -2.10. The minimum Gasteiger partial charge on any atom is -0.345 e. The van der Waals surface area contributed by atoms with Crippen molar-refractivity contribution in [1.82, 2.24) is 20.2 Å². The highest BCUT2D eigenvalue weighted by molar-refractivity contribution is 7.89. The van der Waals surface area contributed by atoms with E-state index in [-0.39, 0.29) is 29.3 Å². The molecule has 0 bridgehead atoms. The maximum Gasteiger partial charge on any atom is 0.248 e. The Kier molecular flexibility index (Phi) is 5.38. The standard InChI is InChI=1S/C17H22N4O4S/c1-11(17-19-12(2)20-25-17)18-16(22)10-5-13-3-8-15(9-4-13)26(23,24)21-14-6-7-14/h3-4,8-9,11,14,21H,5-7,10H2,1-2H3,(H,18,22). The number of aryl methyl sites for hydroxylation is 2. The number of aromatic nitrogens is 2. The van der Waals surface area contributed by atoms with Crippen molar-refractivity contribution in [3.05, 3.63) is 41.5 Å². The van der Waals surface area contributed by atoms with E-state index in [4.69, 9.17) is 4.52 Å². The summed E-state index contributed by atoms with van der Waals surface area (Å²) in [6.07, 6.45) is 2.59. The number of hydrogen-bond donors (Lipinski definition) is 2. The molecule has 1 fully saturated rings. The Morgan fingerprint density at radius 3 is 2.58 bits per heavy atom. The molecule has 140 valence electrons. The van der Waals surface area contributed by atoms with Crippen LogP contribution in [-0.2, 0) is 21.2 Å². The van der Waals surface area contributed by atoms with Crippen molar-refractivity contribution in [2.45, 2.75) is 56.5 Å². The molecule has 1 saturated carbocycles. The molecule has 1 aliphatic carbocycles. The van der Waals surface area contributed by atoms with Gasteiger partial charge in [0.25, 0.3) is 0 Å². The number of rotatable bonds is 8. The molecule has 1 aromatic carbocycles. The highest BCUT2D eigenvalue weighted by Gasteiger charge is 2.27. The van der Waals surface area contributed by atoms with Gasteiger partial charge in [-0.1, -0.05) is 17.3 Å². The van der Waals surface area contributed by atoms with Crippen LogP contribution in [-0.4, -0.2) is 30.5 Å². The van der Waals surface area contributed by atoms with Gasteiger partial charge in [-0.05, 0) is 50.8 Å². The first-order chi connectivity index (χ1) is 12.3. The molecule has 1 heterocycles. The van der Waals surface area contributed by atoms with E-state index in [0.717, 1.165) is 18.4 Å². The second kappa shape index (κ2) is 7.55. The van der Waals surface area contributed by atoms with Crippen LogP contribution in [0, 0.1) is 6.92 Å². The summed E-state index contributed by atoms with van der Waals surface area (Å²) in [6, 6.07) is 6.33. The van der Waals surface area contributed by atoms with Gasteiger partial charge in [0.2, 0.25) is 21.8 Å². The molecule has 1 unspecified atom stereocenters. The average Bonchev–Trinajstić information content (AvgIpc) is 3.29. The number of hydrogen-bond acceptors (Lipinski definition) is 6. The molecular formula is C17H22N4O4S. The lowest BCUT2D eigenvalue weighted by Crippen LogP contribution is -2.27. The summed E-state index contributed by atoms with van der Waals surface area (Å²) in [5, 5.41) is 6.50. The molecule has 0 radical (unpaired) electrons. The van der Waals surface area contributed by atoms with Crippen LogP contribution in [0.5, 0.6) is 0 Å². The fraction of sp³-hybridized carbons (Fsp3) is 0.471. The Bertz CT molecular complexity index is 872. The monoisotopic (exact) mass is 378 g/mol.